The van der Waals surface area contributed by atoms with E-state index in [9.17, 15) is 4.79 Å². The fourth-order valence-corrected chi connectivity index (χ4v) is 1.69. The first-order chi connectivity index (χ1) is 8.32. The summed E-state index contributed by atoms with van der Waals surface area (Å²) in [5, 5.41) is 0. The summed E-state index contributed by atoms with van der Waals surface area (Å²) in [6.07, 6.45) is 3.96. The Bertz CT molecular complexity index is 387. The number of rotatable bonds is 5. The molecular weight excluding hydrogens is 222 g/mol. The normalized spacial score (nSPS) is 13.4. The smallest absolute Gasteiger partial charge is 0.139 e. The second-order valence-electron chi connectivity index (χ2n) is 6.20. The lowest BCUT2D eigenvalue weighted by Crippen LogP contribution is -2.21. The van der Waals surface area contributed by atoms with Crippen LogP contribution < -0.4 is 0 Å². The molecule has 0 radical (unpaired) electrons. The van der Waals surface area contributed by atoms with Crippen molar-refractivity contribution in [3.63, 3.8) is 0 Å². The van der Waals surface area contributed by atoms with Crippen LogP contribution in [0.3, 0.4) is 0 Å². The fraction of sp³-hybridized carbons (Fsp3) is 0.625. The molecule has 0 amide bonds. The summed E-state index contributed by atoms with van der Waals surface area (Å²) in [5.41, 5.74) is 2.29. The van der Waals surface area contributed by atoms with Crippen molar-refractivity contribution in [3.8, 4) is 0 Å². The van der Waals surface area contributed by atoms with Gasteiger partial charge in [-0.15, -0.1) is 0 Å². The molecule has 1 aromatic rings. The molecule has 0 spiro atoms. The van der Waals surface area contributed by atoms with E-state index in [2.05, 4.69) is 45.7 Å². The second kappa shape index (κ2) is 6.12. The number of ketones is 1. The average molecular weight is 247 g/mol. The van der Waals surface area contributed by atoms with Gasteiger partial charge in [0.1, 0.15) is 5.78 Å². The number of pyridine rings is 1. The molecule has 0 saturated heterocycles. The van der Waals surface area contributed by atoms with E-state index >= 15 is 0 Å². The molecule has 1 unspecified atom stereocenters. The second-order valence-corrected chi connectivity index (χ2v) is 6.20. The molecule has 0 bridgehead atoms. The molecule has 1 rings (SSSR count). The summed E-state index contributed by atoms with van der Waals surface area (Å²) in [7, 11) is 0. The van der Waals surface area contributed by atoms with E-state index in [1.807, 2.05) is 12.3 Å². The zero-order valence-corrected chi connectivity index (χ0v) is 12.3. The van der Waals surface area contributed by atoms with Crippen LogP contribution >= 0.6 is 0 Å². The van der Waals surface area contributed by atoms with Crippen molar-refractivity contribution in [1.29, 1.82) is 0 Å². The van der Waals surface area contributed by atoms with Gasteiger partial charge in [-0.2, -0.15) is 0 Å². The number of carbonyl (C=O) groups is 1. The molecule has 0 aliphatic carbocycles. The van der Waals surface area contributed by atoms with Crippen molar-refractivity contribution in [3.05, 3.63) is 29.6 Å². The van der Waals surface area contributed by atoms with E-state index in [4.69, 9.17) is 0 Å². The summed E-state index contributed by atoms with van der Waals surface area (Å²) in [6, 6.07) is 4.03. The van der Waals surface area contributed by atoms with Crippen LogP contribution in [-0.4, -0.2) is 10.8 Å². The first kappa shape index (κ1) is 14.9. The Balaban J connectivity index is 2.54. The highest BCUT2D eigenvalue weighted by molar-refractivity contribution is 5.80. The zero-order valence-electron chi connectivity index (χ0n) is 12.3. The minimum Gasteiger partial charge on any atom is -0.299 e. The number of nitrogens with zero attached hydrogens (tertiary/aromatic N) is 1. The molecule has 1 atom stereocenters. The van der Waals surface area contributed by atoms with E-state index in [-0.39, 0.29) is 11.2 Å². The highest BCUT2D eigenvalue weighted by Gasteiger charge is 2.22. The molecule has 0 fully saturated rings. The number of carbonyl (C=O) groups excluding carboxylic acids is 1. The maximum atomic E-state index is 12.0. The number of Topliss-reactive ketones (excluding diaryl/α,β-unsaturated/α-hetero) is 1. The zero-order chi connectivity index (χ0) is 13.8. The van der Waals surface area contributed by atoms with E-state index in [1.165, 1.54) is 5.56 Å². The van der Waals surface area contributed by atoms with Crippen LogP contribution in [0.2, 0.25) is 0 Å². The van der Waals surface area contributed by atoms with Crippen molar-refractivity contribution in [2.45, 2.75) is 53.9 Å². The Labute approximate surface area is 111 Å². The first-order valence-electron chi connectivity index (χ1n) is 6.78. The number of aryl methyl sites for hydroxylation is 1. The van der Waals surface area contributed by atoms with Crippen molar-refractivity contribution in [1.82, 2.24) is 4.98 Å². The van der Waals surface area contributed by atoms with Gasteiger partial charge in [0.05, 0.1) is 0 Å². The SMILES string of the molecule is CCc1ccc(CC(=O)CC(C)C(C)(C)C)nc1. The van der Waals surface area contributed by atoms with E-state index in [0.717, 1.165) is 12.1 Å². The van der Waals surface area contributed by atoms with E-state index < -0.39 is 0 Å². The molecule has 2 nitrogen and oxygen atoms in total. The summed E-state index contributed by atoms with van der Waals surface area (Å²) < 4.78 is 0. The largest absolute Gasteiger partial charge is 0.299 e. The van der Waals surface area contributed by atoms with Crippen molar-refractivity contribution < 1.29 is 4.79 Å². The summed E-state index contributed by atoms with van der Waals surface area (Å²) in [6.45, 7) is 10.8. The summed E-state index contributed by atoms with van der Waals surface area (Å²) in [4.78, 5) is 16.3. The minimum atomic E-state index is 0.190. The maximum absolute atomic E-state index is 12.0. The van der Waals surface area contributed by atoms with Gasteiger partial charge in [-0.25, -0.2) is 0 Å². The molecule has 1 heterocycles. The predicted octanol–water partition coefficient (Wildman–Crippen LogP) is 3.83. The Morgan fingerprint density at radius 3 is 2.44 bits per heavy atom. The highest BCUT2D eigenvalue weighted by atomic mass is 16.1. The van der Waals surface area contributed by atoms with Gasteiger partial charge in [0.15, 0.2) is 0 Å². The van der Waals surface area contributed by atoms with Gasteiger partial charge in [0, 0.05) is 24.7 Å². The third kappa shape index (κ3) is 4.59. The topological polar surface area (TPSA) is 30.0 Å². The van der Waals surface area contributed by atoms with Crippen molar-refractivity contribution in [2.24, 2.45) is 11.3 Å². The number of aromatic nitrogens is 1. The monoisotopic (exact) mass is 247 g/mol. The summed E-state index contributed by atoms with van der Waals surface area (Å²) >= 11 is 0. The molecule has 18 heavy (non-hydrogen) atoms. The molecule has 0 aliphatic heterocycles. The third-order valence-corrected chi connectivity index (χ3v) is 3.68. The number of hydrogen-bond acceptors (Lipinski definition) is 2. The van der Waals surface area contributed by atoms with Crippen LogP contribution in [0, 0.1) is 11.3 Å². The Hall–Kier alpha value is -1.18. The van der Waals surface area contributed by atoms with Gasteiger partial charge >= 0.3 is 0 Å². The lowest BCUT2D eigenvalue weighted by Gasteiger charge is -2.26. The molecule has 0 aromatic carbocycles. The first-order valence-corrected chi connectivity index (χ1v) is 6.78. The lowest BCUT2D eigenvalue weighted by atomic mass is 9.79. The van der Waals surface area contributed by atoms with E-state index in [1.54, 1.807) is 0 Å². The van der Waals surface area contributed by atoms with Gasteiger partial charge in [0.25, 0.3) is 0 Å². The van der Waals surface area contributed by atoms with Gasteiger partial charge in [0.2, 0.25) is 0 Å². The molecule has 1 aromatic heterocycles. The molecular formula is C16H25NO. The fourth-order valence-electron chi connectivity index (χ4n) is 1.69. The maximum Gasteiger partial charge on any atom is 0.139 e. The van der Waals surface area contributed by atoms with Crippen LogP contribution in [0.5, 0.6) is 0 Å². The van der Waals surface area contributed by atoms with Crippen LogP contribution in [0.4, 0.5) is 0 Å². The molecule has 100 valence electrons. The van der Waals surface area contributed by atoms with Gasteiger partial charge in [-0.1, -0.05) is 40.7 Å². The highest BCUT2D eigenvalue weighted by Crippen LogP contribution is 2.28. The van der Waals surface area contributed by atoms with E-state index in [0.29, 0.717) is 18.8 Å². The minimum absolute atomic E-state index is 0.190. The molecule has 0 N–H and O–H groups in total. The van der Waals surface area contributed by atoms with Crippen LogP contribution in [0.1, 0.15) is 52.3 Å². The molecule has 2 heteroatoms. The average Bonchev–Trinajstić information content (AvgIpc) is 2.28. The van der Waals surface area contributed by atoms with Gasteiger partial charge < -0.3 is 0 Å². The van der Waals surface area contributed by atoms with Crippen molar-refractivity contribution >= 4 is 5.78 Å². The molecule has 0 saturated carbocycles. The van der Waals surface area contributed by atoms with Crippen LogP contribution in [0.25, 0.3) is 0 Å². The van der Waals surface area contributed by atoms with Gasteiger partial charge in [-0.05, 0) is 29.4 Å². The Morgan fingerprint density at radius 1 is 1.33 bits per heavy atom. The van der Waals surface area contributed by atoms with Crippen LogP contribution in [-0.2, 0) is 17.6 Å². The quantitative estimate of drug-likeness (QED) is 0.791. The standard InChI is InChI=1S/C16H25NO/c1-6-13-7-8-14(17-11-13)10-15(18)9-12(2)16(3,4)5/h7-8,11-12H,6,9-10H2,1-5H3. The third-order valence-electron chi connectivity index (χ3n) is 3.68. The lowest BCUT2D eigenvalue weighted by molar-refractivity contribution is -0.120. The molecule has 0 aliphatic rings. The van der Waals surface area contributed by atoms with Crippen LogP contribution in [0.15, 0.2) is 18.3 Å². The van der Waals surface area contributed by atoms with Crippen molar-refractivity contribution in [2.75, 3.05) is 0 Å². The predicted molar refractivity (Wildman–Crippen MR) is 75.6 cm³/mol. The Kier molecular flexibility index (Phi) is 5.06. The Morgan fingerprint density at radius 2 is 2.00 bits per heavy atom. The van der Waals surface area contributed by atoms with Gasteiger partial charge in [-0.3, -0.25) is 9.78 Å². The number of hydrogen-bond donors (Lipinski definition) is 0. The summed E-state index contributed by atoms with van der Waals surface area (Å²) in [5.74, 6) is 0.689.